The number of nitrogens with zero attached hydrogens (tertiary/aromatic N) is 1. The summed E-state index contributed by atoms with van der Waals surface area (Å²) in [5.41, 5.74) is 1.25. The van der Waals surface area contributed by atoms with E-state index < -0.39 is 15.9 Å². The first kappa shape index (κ1) is 21.3. The van der Waals surface area contributed by atoms with E-state index in [-0.39, 0.29) is 18.0 Å². The number of carbonyl (C=O) groups is 1. The van der Waals surface area contributed by atoms with E-state index in [1.807, 2.05) is 0 Å². The third-order valence-electron chi connectivity index (χ3n) is 4.10. The molecule has 0 fully saturated rings. The summed E-state index contributed by atoms with van der Waals surface area (Å²) in [6.07, 6.45) is 0. The van der Waals surface area contributed by atoms with Crippen LogP contribution in [0.4, 0.5) is 5.69 Å². The monoisotopic (exact) mass is 448 g/mol. The summed E-state index contributed by atoms with van der Waals surface area (Å²) < 4.78 is 27.4. The maximum Gasteiger partial charge on any atom is 0.243 e. The van der Waals surface area contributed by atoms with Gasteiger partial charge in [0, 0.05) is 22.3 Å². The summed E-state index contributed by atoms with van der Waals surface area (Å²) in [5.74, 6) is -0.458. The van der Waals surface area contributed by atoms with Gasteiger partial charge < -0.3 is 5.32 Å². The third-order valence-corrected chi connectivity index (χ3v) is 6.41. The zero-order chi connectivity index (χ0) is 20.9. The zero-order valence-electron chi connectivity index (χ0n) is 15.3. The van der Waals surface area contributed by atoms with Crippen LogP contribution in [-0.4, -0.2) is 25.2 Å². The minimum absolute atomic E-state index is 0.0302. The van der Waals surface area contributed by atoms with Gasteiger partial charge >= 0.3 is 0 Å². The maximum atomic E-state index is 13.1. The van der Waals surface area contributed by atoms with Gasteiger partial charge in [-0.2, -0.15) is 4.31 Å². The number of benzene rings is 3. The smallest absolute Gasteiger partial charge is 0.243 e. The highest BCUT2D eigenvalue weighted by Crippen LogP contribution is 2.20. The molecule has 0 bridgehead atoms. The van der Waals surface area contributed by atoms with Gasteiger partial charge in [0.2, 0.25) is 15.9 Å². The Morgan fingerprint density at radius 1 is 0.828 bits per heavy atom. The molecule has 0 heterocycles. The topological polar surface area (TPSA) is 66.5 Å². The van der Waals surface area contributed by atoms with Crippen LogP contribution in [-0.2, 0) is 21.4 Å². The molecule has 29 heavy (non-hydrogen) atoms. The molecule has 0 spiro atoms. The van der Waals surface area contributed by atoms with Crippen molar-refractivity contribution in [3.05, 3.63) is 94.5 Å². The van der Waals surface area contributed by atoms with E-state index in [1.54, 1.807) is 66.7 Å². The fourth-order valence-electron chi connectivity index (χ4n) is 2.65. The molecular weight excluding hydrogens is 431 g/mol. The molecule has 0 saturated heterocycles. The number of halogens is 2. The van der Waals surface area contributed by atoms with E-state index in [2.05, 4.69) is 5.32 Å². The van der Waals surface area contributed by atoms with Crippen LogP contribution in [0.2, 0.25) is 10.0 Å². The molecule has 0 aliphatic heterocycles. The van der Waals surface area contributed by atoms with Gasteiger partial charge in [0.1, 0.15) is 0 Å². The number of rotatable bonds is 7. The number of sulfonamides is 1. The van der Waals surface area contributed by atoms with Gasteiger partial charge in [-0.3, -0.25) is 4.79 Å². The summed E-state index contributed by atoms with van der Waals surface area (Å²) in [7, 11) is -3.89. The molecule has 1 amide bonds. The van der Waals surface area contributed by atoms with E-state index in [9.17, 15) is 13.2 Å². The summed E-state index contributed by atoms with van der Waals surface area (Å²) in [5, 5.41) is 3.78. The Kier molecular flexibility index (Phi) is 6.92. The van der Waals surface area contributed by atoms with Crippen molar-refractivity contribution in [1.29, 1.82) is 0 Å². The van der Waals surface area contributed by atoms with Crippen molar-refractivity contribution in [2.24, 2.45) is 0 Å². The maximum absolute atomic E-state index is 13.1. The second kappa shape index (κ2) is 9.41. The molecule has 0 aromatic heterocycles. The van der Waals surface area contributed by atoms with Crippen LogP contribution in [0.25, 0.3) is 0 Å². The molecule has 0 aliphatic rings. The van der Waals surface area contributed by atoms with Crippen molar-refractivity contribution in [3.63, 3.8) is 0 Å². The van der Waals surface area contributed by atoms with E-state index in [0.29, 0.717) is 21.3 Å². The average molecular weight is 449 g/mol. The molecule has 0 saturated carbocycles. The largest absolute Gasteiger partial charge is 0.325 e. The molecule has 8 heteroatoms. The van der Waals surface area contributed by atoms with Crippen LogP contribution < -0.4 is 5.32 Å². The number of nitrogens with one attached hydrogen (secondary N) is 1. The molecule has 0 unspecified atom stereocenters. The Hall–Kier alpha value is -2.38. The van der Waals surface area contributed by atoms with Crippen molar-refractivity contribution < 1.29 is 13.2 Å². The zero-order valence-corrected chi connectivity index (χ0v) is 17.6. The average Bonchev–Trinajstić information content (AvgIpc) is 2.71. The Morgan fingerprint density at radius 3 is 1.97 bits per heavy atom. The number of hydrogen-bond donors (Lipinski definition) is 1. The number of hydrogen-bond acceptors (Lipinski definition) is 3. The lowest BCUT2D eigenvalue weighted by molar-refractivity contribution is -0.116. The second-order valence-corrected chi connectivity index (χ2v) is 9.08. The van der Waals surface area contributed by atoms with Gasteiger partial charge in [-0.15, -0.1) is 0 Å². The molecule has 0 aliphatic carbocycles. The summed E-state index contributed by atoms with van der Waals surface area (Å²) in [6, 6.07) is 21.4. The lowest BCUT2D eigenvalue weighted by Gasteiger charge is -2.22. The van der Waals surface area contributed by atoms with Crippen LogP contribution in [0.15, 0.2) is 83.8 Å². The molecule has 0 radical (unpaired) electrons. The van der Waals surface area contributed by atoms with Crippen LogP contribution in [0.3, 0.4) is 0 Å². The first-order chi connectivity index (χ1) is 13.8. The first-order valence-corrected chi connectivity index (χ1v) is 10.9. The van der Waals surface area contributed by atoms with Crippen LogP contribution in [0, 0.1) is 0 Å². The van der Waals surface area contributed by atoms with Gasteiger partial charge in [-0.05, 0) is 54.1 Å². The number of amides is 1. The Balaban J connectivity index is 1.84. The molecule has 5 nitrogen and oxygen atoms in total. The van der Waals surface area contributed by atoms with E-state index >= 15 is 0 Å². The highest BCUT2D eigenvalue weighted by Gasteiger charge is 2.26. The first-order valence-electron chi connectivity index (χ1n) is 8.70. The molecule has 1 N–H and O–H groups in total. The lowest BCUT2D eigenvalue weighted by atomic mass is 10.2. The summed E-state index contributed by atoms with van der Waals surface area (Å²) in [4.78, 5) is 12.7. The quantitative estimate of drug-likeness (QED) is 0.562. The van der Waals surface area contributed by atoms with E-state index in [4.69, 9.17) is 23.2 Å². The van der Waals surface area contributed by atoms with Crippen molar-refractivity contribution in [2.45, 2.75) is 11.4 Å². The Labute approximate surface area is 179 Å². The fourth-order valence-corrected chi connectivity index (χ4v) is 4.31. The number of carbonyl (C=O) groups excluding carboxylic acids is 1. The predicted octanol–water partition coefficient (Wildman–Crippen LogP) is 4.82. The second-order valence-electron chi connectivity index (χ2n) is 6.27. The van der Waals surface area contributed by atoms with Gasteiger partial charge in [-0.1, -0.05) is 53.5 Å². The highest BCUT2D eigenvalue weighted by atomic mass is 35.5. The van der Waals surface area contributed by atoms with Crippen LogP contribution >= 0.6 is 23.2 Å². The molecule has 3 aromatic carbocycles. The van der Waals surface area contributed by atoms with E-state index in [1.165, 1.54) is 12.1 Å². The van der Waals surface area contributed by atoms with Gasteiger partial charge in [0.05, 0.1) is 11.4 Å². The minimum Gasteiger partial charge on any atom is -0.325 e. The fraction of sp³-hybridized carbons (Fsp3) is 0.0952. The van der Waals surface area contributed by atoms with Crippen molar-refractivity contribution >= 4 is 44.8 Å². The molecule has 3 rings (SSSR count). The summed E-state index contributed by atoms with van der Waals surface area (Å²) in [6.45, 7) is -0.315. The van der Waals surface area contributed by atoms with Crippen LogP contribution in [0.1, 0.15) is 5.56 Å². The van der Waals surface area contributed by atoms with Crippen LogP contribution in [0.5, 0.6) is 0 Å². The predicted molar refractivity (Wildman–Crippen MR) is 116 cm³/mol. The molecule has 3 aromatic rings. The van der Waals surface area contributed by atoms with Gasteiger partial charge in [-0.25, -0.2) is 8.42 Å². The molecule has 0 atom stereocenters. The lowest BCUT2D eigenvalue weighted by Crippen LogP contribution is -2.37. The molecular formula is C21H18Cl2N2O3S. The van der Waals surface area contributed by atoms with Gasteiger partial charge in [0.15, 0.2) is 0 Å². The van der Waals surface area contributed by atoms with Crippen molar-refractivity contribution in [3.8, 4) is 0 Å². The van der Waals surface area contributed by atoms with Crippen molar-refractivity contribution in [2.75, 3.05) is 11.9 Å². The SMILES string of the molecule is O=C(CN(Cc1ccc(Cl)cc1)S(=O)(=O)c1ccccc1)Nc1ccc(Cl)cc1. The normalized spacial score (nSPS) is 11.4. The Morgan fingerprint density at radius 2 is 1.38 bits per heavy atom. The minimum atomic E-state index is -3.89. The summed E-state index contributed by atoms with van der Waals surface area (Å²) >= 11 is 11.8. The molecule has 150 valence electrons. The standard InChI is InChI=1S/C21H18Cl2N2O3S/c22-17-8-6-16(7-9-17)14-25(29(27,28)20-4-2-1-3-5-20)15-21(26)24-19-12-10-18(23)11-13-19/h1-13H,14-15H2,(H,24,26). The third kappa shape index (κ3) is 5.81. The van der Waals surface area contributed by atoms with Gasteiger partial charge in [0.25, 0.3) is 0 Å². The highest BCUT2D eigenvalue weighted by molar-refractivity contribution is 7.89. The number of anilines is 1. The van der Waals surface area contributed by atoms with E-state index in [0.717, 1.165) is 4.31 Å². The Bertz CT molecular complexity index is 1070. The van der Waals surface area contributed by atoms with Crippen molar-refractivity contribution in [1.82, 2.24) is 4.31 Å².